The van der Waals surface area contributed by atoms with Gasteiger partial charge in [0.2, 0.25) is 0 Å². The Balaban J connectivity index is 1.83. The van der Waals surface area contributed by atoms with Gasteiger partial charge in [-0.2, -0.15) is 80.1 Å². The molecule has 0 aromatic rings. The molecule has 460 valence electrons. The quantitative estimate of drug-likeness (QED) is 0.0263. The Labute approximate surface area is 445 Å². The first-order valence-electron chi connectivity index (χ1n) is 20.9. The van der Waals surface area contributed by atoms with Gasteiger partial charge in [0.1, 0.15) is 42.7 Å². The third-order valence-electron chi connectivity index (χ3n) is 10.9. The predicted molar refractivity (Wildman–Crippen MR) is 238 cm³/mol. The van der Waals surface area contributed by atoms with E-state index in [1.54, 1.807) is 0 Å². The van der Waals surface area contributed by atoms with E-state index < -0.39 is 236 Å². The molecule has 2 heterocycles. The number of hydrogen-bond acceptors (Lipinski definition) is 31. The Kier molecular flexibility index (Phi) is 23.0. The molecule has 2 aliphatic carbocycles. The van der Waals surface area contributed by atoms with Crippen LogP contribution in [0.15, 0.2) is 11.6 Å². The van der Waals surface area contributed by atoms with Crippen molar-refractivity contribution in [2.45, 2.75) is 132 Å². The monoisotopic (exact) mass is 1330 g/mol. The van der Waals surface area contributed by atoms with Crippen molar-refractivity contribution < 1.29 is 174 Å². The fourth-order valence-electron chi connectivity index (χ4n) is 8.69. The van der Waals surface area contributed by atoms with Gasteiger partial charge in [-0.25, -0.2) is 33.5 Å². The van der Waals surface area contributed by atoms with E-state index in [0.717, 1.165) is 6.92 Å². The van der Waals surface area contributed by atoms with Crippen LogP contribution in [-0.2, 0) is 151 Å². The van der Waals surface area contributed by atoms with Gasteiger partial charge in [-0.3, -0.25) is 41.0 Å². The summed E-state index contributed by atoms with van der Waals surface area (Å²) in [5.41, 5.74) is -1.12. The second kappa shape index (κ2) is 26.1. The van der Waals surface area contributed by atoms with Crippen molar-refractivity contribution in [1.82, 2.24) is 4.31 Å². The van der Waals surface area contributed by atoms with E-state index in [4.69, 9.17) is 36.2 Å². The van der Waals surface area contributed by atoms with Crippen LogP contribution in [0, 0.1) is 5.92 Å². The zero-order chi connectivity index (χ0) is 59.6. The first kappa shape index (κ1) is 68.9. The topological polar surface area (TPSA) is 613 Å². The van der Waals surface area contributed by atoms with Crippen molar-refractivity contribution >= 4 is 93.5 Å². The molecule has 50 heteroatoms. The second-order valence-electron chi connectivity index (χ2n) is 16.5. The molecule has 0 aromatic heterocycles. The highest BCUT2D eigenvalue weighted by Gasteiger charge is 2.54. The molecule has 2 aliphatic heterocycles. The molecule has 0 radical (unpaired) electrons. The highest BCUT2D eigenvalue weighted by molar-refractivity contribution is 7.83. The second-order valence-corrected chi connectivity index (χ2v) is 26.3. The van der Waals surface area contributed by atoms with Gasteiger partial charge >= 0.3 is 93.5 Å². The summed E-state index contributed by atoms with van der Waals surface area (Å²) in [5.74, 6) is -1.48. The highest BCUT2D eigenvalue weighted by Crippen LogP contribution is 2.40. The van der Waals surface area contributed by atoms with Crippen LogP contribution in [0.5, 0.6) is 0 Å². The van der Waals surface area contributed by atoms with Crippen LogP contribution in [0.2, 0.25) is 0 Å². The Bertz CT molecular complexity index is 3170. The Hall–Kier alpha value is -1.63. The van der Waals surface area contributed by atoms with Crippen LogP contribution in [0.1, 0.15) is 46.0 Å². The molecule has 78 heavy (non-hydrogen) atoms. The first-order valence-corrected chi connectivity index (χ1v) is 33.2. The third kappa shape index (κ3) is 23.6. The minimum atomic E-state index is -6.06. The summed E-state index contributed by atoms with van der Waals surface area (Å²) < 4.78 is 368. The third-order valence-corrected chi connectivity index (χ3v) is 15.7. The maximum Gasteiger partial charge on any atom is 0.398 e. The standard InChI is InChI=1S/C28H49NO40S9/c1-3-57-17-5-15(11-59-72(36,37)38)26(20(7-17)67-76(48,49)50)63-24-9-21(68-77(51,52)53)28(22(62-24)12-60-73(39,40)41)64-23-8-18(65-74(42,43)44)25(13(2)61-23)29(70(30,31)32)16-4-14(10-58-71(33,34)35)27(69-78(54,55)56)19(6-16)66-75(45,46)47/h4,13,15-28H,3,5-12H2,1-2H3,(H,30,31,32)(H,33,34,35)(H,36,37,38)(H,39,40,41)(H,42,43,44)(H,45,46,47)(H,48,49,50)(H,51,52,53)(H,54,55,56)/t13-,15-,16+,17-,18-,19-,20-,21-,22-,23-,24-,25-,26-,27?,28+/m1/s1. The fourth-order valence-corrected chi connectivity index (χ4v) is 13.2. The molecule has 9 N–H and O–H groups in total. The molecule has 4 rings (SSSR count). The van der Waals surface area contributed by atoms with Crippen molar-refractivity contribution in [2.24, 2.45) is 5.92 Å². The van der Waals surface area contributed by atoms with Crippen LogP contribution in [0.4, 0.5) is 0 Å². The van der Waals surface area contributed by atoms with E-state index in [2.05, 4.69) is 20.9 Å². The summed E-state index contributed by atoms with van der Waals surface area (Å²) in [4.78, 5) is 0. The lowest BCUT2D eigenvalue weighted by molar-refractivity contribution is -0.320. The SMILES string of the molecule is CCO[C@@H]1C[C@H](COS(=O)(=O)O)[C@@H](O[C@@H]2C[C@@H](OS(=O)(=O)O)[C@H](O[C@@H]3C[C@@H](OS(=O)(=O)O)[C@H](N([C@H]4C=C(COS(=O)(=O)O)C(OS(=O)(=O)O)[C@H](OS(=O)(=O)O)C4)S(=O)(=O)O)[C@@H](C)O3)[C@@H](COS(=O)(=O)O)O2)[C@H](OS(=O)(=O)O)C1. The number of hydrogen-bond donors (Lipinski definition) is 9. The first-order chi connectivity index (χ1) is 35.1. The Morgan fingerprint density at radius 3 is 1.45 bits per heavy atom. The average Bonchev–Trinajstić information content (AvgIpc) is 3.18. The zero-order valence-corrected chi connectivity index (χ0v) is 46.3. The van der Waals surface area contributed by atoms with Crippen LogP contribution in [0.25, 0.3) is 0 Å². The summed E-state index contributed by atoms with van der Waals surface area (Å²) in [5, 5.41) is 0. The molecule has 41 nitrogen and oxygen atoms in total. The molecule has 3 fully saturated rings. The smallest absolute Gasteiger partial charge is 0.378 e. The van der Waals surface area contributed by atoms with Crippen molar-refractivity contribution in [2.75, 3.05) is 26.4 Å². The minimum absolute atomic E-state index is 0.0618. The molecule has 1 unspecified atom stereocenters. The lowest BCUT2D eigenvalue weighted by atomic mass is 9.82. The van der Waals surface area contributed by atoms with Crippen LogP contribution < -0.4 is 0 Å². The zero-order valence-electron chi connectivity index (χ0n) is 38.9. The molecule has 0 aromatic carbocycles. The molecule has 4 aliphatic rings. The maximum absolute atomic E-state index is 13.3. The van der Waals surface area contributed by atoms with Crippen molar-refractivity contribution in [3.05, 3.63) is 11.6 Å². The van der Waals surface area contributed by atoms with Gasteiger partial charge in [0.15, 0.2) is 12.6 Å². The Morgan fingerprint density at radius 1 is 0.513 bits per heavy atom. The van der Waals surface area contributed by atoms with Crippen LogP contribution >= 0.6 is 0 Å². The van der Waals surface area contributed by atoms with Gasteiger partial charge in [0.25, 0.3) is 0 Å². The number of ether oxygens (including phenoxy) is 5. The lowest BCUT2D eigenvalue weighted by Gasteiger charge is -2.48. The number of rotatable bonds is 28. The van der Waals surface area contributed by atoms with Gasteiger partial charge in [-0.15, -0.1) is 0 Å². The van der Waals surface area contributed by atoms with Gasteiger partial charge in [-0.1, -0.05) is 6.08 Å². The summed E-state index contributed by atoms with van der Waals surface area (Å²) in [7, 11) is -51.2. The Morgan fingerprint density at radius 2 is 0.962 bits per heavy atom. The van der Waals surface area contributed by atoms with Gasteiger partial charge in [0.05, 0.1) is 44.2 Å². The van der Waals surface area contributed by atoms with Crippen molar-refractivity contribution in [3.63, 3.8) is 0 Å². The normalized spacial score (nSPS) is 32.7. The summed E-state index contributed by atoms with van der Waals surface area (Å²) >= 11 is 0. The summed E-state index contributed by atoms with van der Waals surface area (Å²) in [6.07, 6.45) is -30.7. The fraction of sp³-hybridized carbons (Fsp3) is 0.929. The van der Waals surface area contributed by atoms with Crippen LogP contribution in [-0.4, -0.2) is 233 Å². The lowest BCUT2D eigenvalue weighted by Crippen LogP contribution is -2.63. The van der Waals surface area contributed by atoms with E-state index >= 15 is 0 Å². The molecule has 0 spiro atoms. The minimum Gasteiger partial charge on any atom is -0.378 e. The van der Waals surface area contributed by atoms with E-state index in [9.17, 15) is 117 Å². The van der Waals surface area contributed by atoms with E-state index in [1.807, 2.05) is 0 Å². The average molecular weight is 1330 g/mol. The molecule has 2 saturated heterocycles. The molecule has 0 bridgehead atoms. The maximum atomic E-state index is 13.3. The van der Waals surface area contributed by atoms with E-state index in [-0.39, 0.29) is 17.3 Å². The predicted octanol–water partition coefficient (Wildman–Crippen LogP) is -4.61. The molecule has 0 amide bonds. The molecular formula is C28H49NO40S9. The van der Waals surface area contributed by atoms with Gasteiger partial charge in [0, 0.05) is 37.8 Å². The number of nitrogens with zero attached hydrogens (tertiary/aromatic N) is 1. The van der Waals surface area contributed by atoms with E-state index in [0.29, 0.717) is 6.08 Å². The van der Waals surface area contributed by atoms with Crippen molar-refractivity contribution in [1.29, 1.82) is 0 Å². The van der Waals surface area contributed by atoms with Crippen molar-refractivity contribution in [3.8, 4) is 0 Å². The van der Waals surface area contributed by atoms with E-state index in [1.165, 1.54) is 6.92 Å². The highest BCUT2D eigenvalue weighted by atomic mass is 32.3. The van der Waals surface area contributed by atoms with Crippen LogP contribution in [0.3, 0.4) is 0 Å². The molecule has 15 atom stereocenters. The summed E-state index contributed by atoms with van der Waals surface area (Å²) in [6, 6.07) is -4.86. The largest absolute Gasteiger partial charge is 0.398 e. The van der Waals surface area contributed by atoms with Gasteiger partial charge < -0.3 is 23.7 Å². The molecule has 1 saturated carbocycles. The summed E-state index contributed by atoms with van der Waals surface area (Å²) in [6.45, 7) is -2.08. The van der Waals surface area contributed by atoms with Gasteiger partial charge in [-0.05, 0) is 32.3 Å². The molecular weight excluding hydrogens is 1280 g/mol.